The molecule has 2 aromatic heterocycles. The van der Waals surface area contributed by atoms with E-state index >= 15 is 0 Å². The van der Waals surface area contributed by atoms with Crippen molar-refractivity contribution in [3.8, 4) is 6.07 Å². The molecule has 0 bridgehead atoms. The highest BCUT2D eigenvalue weighted by Gasteiger charge is 2.05. The molecule has 0 spiro atoms. The third kappa shape index (κ3) is 2.48. The Morgan fingerprint density at radius 1 is 1.47 bits per heavy atom. The fraction of sp³-hybridized carbons (Fsp3) is 0.0769. The maximum Gasteiger partial charge on any atom is 0.193 e. The van der Waals surface area contributed by atoms with Crippen LogP contribution >= 0.6 is 27.3 Å². The number of fused-ring (bicyclic) bond motifs is 1. The van der Waals surface area contributed by atoms with E-state index in [1.54, 1.807) is 17.4 Å². The molecule has 0 saturated heterocycles. The molecule has 6 heteroatoms. The first-order chi connectivity index (χ1) is 9.26. The van der Waals surface area contributed by atoms with Crippen LogP contribution in [0.1, 0.15) is 11.3 Å². The predicted molar refractivity (Wildman–Crippen MR) is 79.3 cm³/mol. The lowest BCUT2D eigenvalue weighted by atomic mass is 10.2. The topological polar surface area (TPSA) is 53.1 Å². The first kappa shape index (κ1) is 12.2. The number of hydrogen-bond donors (Lipinski definition) is 1. The molecule has 1 aromatic carbocycles. The van der Waals surface area contributed by atoms with E-state index in [-0.39, 0.29) is 0 Å². The van der Waals surface area contributed by atoms with Crippen molar-refractivity contribution in [1.82, 2.24) is 9.38 Å². The van der Waals surface area contributed by atoms with Gasteiger partial charge in [0.25, 0.3) is 0 Å². The molecule has 3 aromatic rings. The fourth-order valence-electron chi connectivity index (χ4n) is 1.81. The van der Waals surface area contributed by atoms with Crippen molar-refractivity contribution >= 4 is 37.9 Å². The zero-order valence-electron chi connectivity index (χ0n) is 9.80. The molecule has 0 amide bonds. The quantitative estimate of drug-likeness (QED) is 0.796. The van der Waals surface area contributed by atoms with Crippen LogP contribution in [0.4, 0.5) is 5.69 Å². The normalized spacial score (nSPS) is 10.5. The van der Waals surface area contributed by atoms with E-state index in [9.17, 15) is 0 Å². The van der Waals surface area contributed by atoms with Crippen LogP contribution in [-0.4, -0.2) is 9.38 Å². The molecule has 0 unspecified atom stereocenters. The van der Waals surface area contributed by atoms with Gasteiger partial charge >= 0.3 is 0 Å². The minimum atomic E-state index is 0.602. The fourth-order valence-corrected chi connectivity index (χ4v) is 2.89. The number of nitrogens with zero attached hydrogens (tertiary/aromatic N) is 3. The number of nitrogens with one attached hydrogen (secondary N) is 1. The third-order valence-electron chi connectivity index (χ3n) is 2.71. The van der Waals surface area contributed by atoms with Gasteiger partial charge in [0, 0.05) is 22.2 Å². The van der Waals surface area contributed by atoms with E-state index in [2.05, 4.69) is 32.3 Å². The maximum absolute atomic E-state index is 9.09. The second-order valence-electron chi connectivity index (χ2n) is 3.98. The Labute approximate surface area is 122 Å². The largest absolute Gasteiger partial charge is 0.378 e. The van der Waals surface area contributed by atoms with Gasteiger partial charge in [-0.25, -0.2) is 4.98 Å². The Balaban J connectivity index is 1.79. The Hall–Kier alpha value is -1.84. The summed E-state index contributed by atoms with van der Waals surface area (Å²) in [5.74, 6) is 0. The van der Waals surface area contributed by atoms with Crippen LogP contribution in [0.5, 0.6) is 0 Å². The smallest absolute Gasteiger partial charge is 0.193 e. The Morgan fingerprint density at radius 2 is 2.37 bits per heavy atom. The van der Waals surface area contributed by atoms with Gasteiger partial charge in [-0.1, -0.05) is 15.9 Å². The summed E-state index contributed by atoms with van der Waals surface area (Å²) in [5.41, 5.74) is 2.40. The lowest BCUT2D eigenvalue weighted by Gasteiger charge is -2.06. The molecular formula is C13H9BrN4S. The second-order valence-corrected chi connectivity index (χ2v) is 5.77. The molecule has 19 heavy (non-hydrogen) atoms. The molecule has 0 aliphatic carbocycles. The Bertz CT molecular complexity index is 740. The summed E-state index contributed by atoms with van der Waals surface area (Å²) in [6.45, 7) is 0.602. The van der Waals surface area contributed by atoms with Crippen molar-refractivity contribution in [2.75, 3.05) is 5.32 Å². The highest BCUT2D eigenvalue weighted by molar-refractivity contribution is 9.10. The van der Waals surface area contributed by atoms with Crippen molar-refractivity contribution < 1.29 is 0 Å². The molecule has 0 aliphatic rings. The molecule has 4 nitrogen and oxygen atoms in total. The average molecular weight is 333 g/mol. The number of benzene rings is 1. The van der Waals surface area contributed by atoms with E-state index in [4.69, 9.17) is 5.26 Å². The van der Waals surface area contributed by atoms with Gasteiger partial charge in [-0.2, -0.15) is 5.26 Å². The molecule has 94 valence electrons. The zero-order valence-corrected chi connectivity index (χ0v) is 12.2. The highest BCUT2D eigenvalue weighted by Crippen LogP contribution is 2.21. The molecule has 0 atom stereocenters. The van der Waals surface area contributed by atoms with Crippen LogP contribution in [0.2, 0.25) is 0 Å². The summed E-state index contributed by atoms with van der Waals surface area (Å²) in [4.78, 5) is 5.47. The van der Waals surface area contributed by atoms with Crippen molar-refractivity contribution in [3.63, 3.8) is 0 Å². The molecule has 0 saturated carbocycles. The molecule has 1 N–H and O–H groups in total. The SMILES string of the molecule is N#Cc1cc(Br)ccc1NCc1cn2ccsc2n1. The van der Waals surface area contributed by atoms with Crippen molar-refractivity contribution in [2.24, 2.45) is 0 Å². The summed E-state index contributed by atoms with van der Waals surface area (Å²) in [7, 11) is 0. The molecule has 0 radical (unpaired) electrons. The number of imidazole rings is 1. The first-order valence-corrected chi connectivity index (χ1v) is 7.28. The van der Waals surface area contributed by atoms with E-state index < -0.39 is 0 Å². The van der Waals surface area contributed by atoms with Gasteiger partial charge in [0.15, 0.2) is 4.96 Å². The number of anilines is 1. The van der Waals surface area contributed by atoms with Gasteiger partial charge in [0.2, 0.25) is 0 Å². The minimum Gasteiger partial charge on any atom is -0.378 e. The first-order valence-electron chi connectivity index (χ1n) is 5.61. The highest BCUT2D eigenvalue weighted by atomic mass is 79.9. The van der Waals surface area contributed by atoms with E-state index in [0.717, 1.165) is 20.8 Å². The number of aromatic nitrogens is 2. The zero-order chi connectivity index (χ0) is 13.2. The van der Waals surface area contributed by atoms with Gasteiger partial charge in [0.05, 0.1) is 23.5 Å². The average Bonchev–Trinajstić information content (AvgIpc) is 2.97. The van der Waals surface area contributed by atoms with Crippen LogP contribution < -0.4 is 5.32 Å². The van der Waals surface area contributed by atoms with Crippen molar-refractivity contribution in [3.05, 3.63) is 51.7 Å². The predicted octanol–water partition coefficient (Wildman–Crippen LogP) is 3.64. The lowest BCUT2D eigenvalue weighted by Crippen LogP contribution is -2.01. The number of halogens is 1. The van der Waals surface area contributed by atoms with Crippen molar-refractivity contribution in [2.45, 2.75) is 6.54 Å². The van der Waals surface area contributed by atoms with Crippen LogP contribution in [0.3, 0.4) is 0 Å². The number of thiazole rings is 1. The molecule has 2 heterocycles. The van der Waals surface area contributed by atoms with Gasteiger partial charge in [0.1, 0.15) is 6.07 Å². The summed E-state index contributed by atoms with van der Waals surface area (Å²) < 4.78 is 2.89. The van der Waals surface area contributed by atoms with E-state index in [1.165, 1.54) is 0 Å². The summed E-state index contributed by atoms with van der Waals surface area (Å²) in [6.07, 6.45) is 3.97. The second kappa shape index (κ2) is 5.03. The van der Waals surface area contributed by atoms with Crippen LogP contribution in [-0.2, 0) is 6.54 Å². The van der Waals surface area contributed by atoms with Gasteiger partial charge in [-0.05, 0) is 18.2 Å². The Morgan fingerprint density at radius 3 is 3.16 bits per heavy atom. The number of rotatable bonds is 3. The molecule has 0 fully saturated rings. The standard InChI is InChI=1S/C13H9BrN4S/c14-10-1-2-12(9(5-10)6-15)16-7-11-8-18-3-4-19-13(18)17-11/h1-5,8,16H,7H2. The van der Waals surface area contributed by atoms with Crippen LogP contribution in [0.15, 0.2) is 40.4 Å². The van der Waals surface area contributed by atoms with Gasteiger partial charge in [-0.15, -0.1) is 11.3 Å². The maximum atomic E-state index is 9.09. The van der Waals surface area contributed by atoms with Crippen molar-refractivity contribution in [1.29, 1.82) is 5.26 Å². The van der Waals surface area contributed by atoms with Gasteiger partial charge < -0.3 is 5.32 Å². The van der Waals surface area contributed by atoms with E-state index in [1.807, 2.05) is 34.3 Å². The molecular weight excluding hydrogens is 324 g/mol. The summed E-state index contributed by atoms with van der Waals surface area (Å²) >= 11 is 4.96. The molecule has 0 aliphatic heterocycles. The van der Waals surface area contributed by atoms with Crippen LogP contribution in [0.25, 0.3) is 4.96 Å². The summed E-state index contributed by atoms with van der Waals surface area (Å²) in [5, 5.41) is 14.3. The summed E-state index contributed by atoms with van der Waals surface area (Å²) in [6, 6.07) is 7.78. The monoisotopic (exact) mass is 332 g/mol. The third-order valence-corrected chi connectivity index (χ3v) is 3.97. The van der Waals surface area contributed by atoms with E-state index in [0.29, 0.717) is 12.1 Å². The van der Waals surface area contributed by atoms with Crippen LogP contribution in [0, 0.1) is 11.3 Å². The number of hydrogen-bond acceptors (Lipinski definition) is 4. The Kier molecular flexibility index (Phi) is 3.23. The lowest BCUT2D eigenvalue weighted by molar-refractivity contribution is 1.08. The van der Waals surface area contributed by atoms with Gasteiger partial charge in [-0.3, -0.25) is 4.40 Å². The number of nitriles is 1. The minimum absolute atomic E-state index is 0.602. The molecule has 3 rings (SSSR count).